The van der Waals surface area contributed by atoms with E-state index < -0.39 is 0 Å². The number of hydrogen-bond donors (Lipinski definition) is 1. The molecular formula is C11H12BrNOS. The molecule has 0 bridgehead atoms. The van der Waals surface area contributed by atoms with Crippen molar-refractivity contribution in [2.24, 2.45) is 5.73 Å². The van der Waals surface area contributed by atoms with Crippen LogP contribution in [0.3, 0.4) is 0 Å². The molecule has 2 heterocycles. The van der Waals surface area contributed by atoms with E-state index >= 15 is 0 Å². The molecule has 0 saturated heterocycles. The summed E-state index contributed by atoms with van der Waals surface area (Å²) in [5.74, 6) is 0.805. The molecule has 2 nitrogen and oxygen atoms in total. The second-order valence-corrected chi connectivity index (χ2v) is 5.01. The third kappa shape index (κ3) is 2.17. The lowest BCUT2D eigenvalue weighted by atomic mass is 10.1. The molecular weight excluding hydrogens is 274 g/mol. The van der Waals surface area contributed by atoms with Crippen LogP contribution in [-0.2, 0) is 6.42 Å². The van der Waals surface area contributed by atoms with Gasteiger partial charge in [-0.1, -0.05) is 6.92 Å². The lowest BCUT2D eigenvalue weighted by molar-refractivity contribution is 0.471. The quantitative estimate of drug-likeness (QED) is 0.934. The molecule has 2 aromatic rings. The Balaban J connectivity index is 2.31. The fraction of sp³-hybridized carbons (Fsp3) is 0.273. The molecule has 0 aromatic carbocycles. The summed E-state index contributed by atoms with van der Waals surface area (Å²) in [6, 6.07) is 5.76. The summed E-state index contributed by atoms with van der Waals surface area (Å²) in [5, 5.41) is 2.08. The number of furan rings is 1. The van der Waals surface area contributed by atoms with Crippen molar-refractivity contribution in [2.45, 2.75) is 19.4 Å². The number of rotatable bonds is 3. The smallest absolute Gasteiger partial charge is 0.169 e. The molecule has 80 valence electrons. The number of hydrogen-bond acceptors (Lipinski definition) is 3. The summed E-state index contributed by atoms with van der Waals surface area (Å²) in [6.45, 7) is 2.14. The van der Waals surface area contributed by atoms with E-state index in [9.17, 15) is 0 Å². The molecule has 0 aliphatic rings. The van der Waals surface area contributed by atoms with Gasteiger partial charge in [-0.25, -0.2) is 0 Å². The van der Waals surface area contributed by atoms with E-state index in [-0.39, 0.29) is 6.04 Å². The Kier molecular flexibility index (Phi) is 3.29. The largest absolute Gasteiger partial charge is 0.452 e. The van der Waals surface area contributed by atoms with Crippen LogP contribution >= 0.6 is 27.3 Å². The third-order valence-electron chi connectivity index (χ3n) is 2.34. The third-order valence-corrected chi connectivity index (χ3v) is 3.81. The summed E-state index contributed by atoms with van der Waals surface area (Å²) >= 11 is 4.97. The molecule has 2 rings (SSSR count). The van der Waals surface area contributed by atoms with Crippen molar-refractivity contribution in [3.63, 3.8) is 0 Å². The topological polar surface area (TPSA) is 39.2 Å². The standard InChI is InChI=1S/C11H12BrNOS/c1-2-7-5-6-15-11(7)10(13)8-3-4-9(12)14-8/h3-6,10H,2,13H2,1H3. The Labute approximate surface area is 101 Å². The van der Waals surface area contributed by atoms with Crippen LogP contribution < -0.4 is 5.73 Å². The molecule has 0 amide bonds. The maximum atomic E-state index is 6.15. The molecule has 0 aliphatic heterocycles. The SMILES string of the molecule is CCc1ccsc1C(N)c1ccc(Br)o1. The van der Waals surface area contributed by atoms with Gasteiger partial charge in [-0.05, 0) is 51.5 Å². The second kappa shape index (κ2) is 4.51. The Hall–Kier alpha value is -0.580. The summed E-state index contributed by atoms with van der Waals surface area (Å²) in [7, 11) is 0. The summed E-state index contributed by atoms with van der Waals surface area (Å²) in [4.78, 5) is 1.19. The number of aryl methyl sites for hydroxylation is 1. The predicted octanol–water partition coefficient (Wildman–Crippen LogP) is 3.71. The molecule has 0 aliphatic carbocycles. The van der Waals surface area contributed by atoms with Crippen molar-refractivity contribution >= 4 is 27.3 Å². The zero-order valence-electron chi connectivity index (χ0n) is 8.37. The van der Waals surface area contributed by atoms with E-state index in [0.717, 1.165) is 16.9 Å². The maximum absolute atomic E-state index is 6.15. The highest BCUT2D eigenvalue weighted by molar-refractivity contribution is 9.10. The van der Waals surface area contributed by atoms with Gasteiger partial charge in [-0.2, -0.15) is 0 Å². The van der Waals surface area contributed by atoms with Gasteiger partial charge in [0.05, 0.1) is 6.04 Å². The van der Waals surface area contributed by atoms with Gasteiger partial charge >= 0.3 is 0 Å². The van der Waals surface area contributed by atoms with Crippen LogP contribution in [0.1, 0.15) is 29.2 Å². The molecule has 0 fully saturated rings. The second-order valence-electron chi connectivity index (χ2n) is 3.28. The molecule has 4 heteroatoms. The number of nitrogens with two attached hydrogens (primary N) is 1. The van der Waals surface area contributed by atoms with E-state index in [1.807, 2.05) is 12.1 Å². The van der Waals surface area contributed by atoms with Crippen LogP contribution in [0, 0.1) is 0 Å². The molecule has 0 radical (unpaired) electrons. The maximum Gasteiger partial charge on any atom is 0.169 e. The monoisotopic (exact) mass is 285 g/mol. The number of thiophene rings is 1. The number of halogens is 1. The van der Waals surface area contributed by atoms with Gasteiger partial charge in [-0.15, -0.1) is 11.3 Å². The van der Waals surface area contributed by atoms with Gasteiger partial charge in [0.2, 0.25) is 0 Å². The van der Waals surface area contributed by atoms with Gasteiger partial charge in [0, 0.05) is 4.88 Å². The molecule has 2 N–H and O–H groups in total. The lowest BCUT2D eigenvalue weighted by Gasteiger charge is -2.08. The van der Waals surface area contributed by atoms with Gasteiger partial charge in [-0.3, -0.25) is 0 Å². The molecule has 2 aromatic heterocycles. The highest BCUT2D eigenvalue weighted by Gasteiger charge is 2.16. The fourth-order valence-electron chi connectivity index (χ4n) is 1.54. The Morgan fingerprint density at radius 1 is 1.47 bits per heavy atom. The van der Waals surface area contributed by atoms with Gasteiger partial charge in [0.15, 0.2) is 4.67 Å². The van der Waals surface area contributed by atoms with Crippen LogP contribution in [0.15, 0.2) is 32.7 Å². The van der Waals surface area contributed by atoms with Crippen LogP contribution in [0.5, 0.6) is 0 Å². The van der Waals surface area contributed by atoms with Gasteiger partial charge < -0.3 is 10.2 Å². The first-order valence-corrected chi connectivity index (χ1v) is 6.46. The van der Waals surface area contributed by atoms with Crippen molar-refractivity contribution in [2.75, 3.05) is 0 Å². The summed E-state index contributed by atoms with van der Waals surface area (Å²) in [5.41, 5.74) is 7.45. The van der Waals surface area contributed by atoms with Crippen molar-refractivity contribution in [1.82, 2.24) is 0 Å². The van der Waals surface area contributed by atoms with E-state index in [0.29, 0.717) is 0 Å². The highest BCUT2D eigenvalue weighted by atomic mass is 79.9. The predicted molar refractivity (Wildman–Crippen MR) is 66.1 cm³/mol. The van der Waals surface area contributed by atoms with Crippen LogP contribution in [0.4, 0.5) is 0 Å². The van der Waals surface area contributed by atoms with Crippen LogP contribution in [-0.4, -0.2) is 0 Å². The normalized spacial score (nSPS) is 13.0. The van der Waals surface area contributed by atoms with E-state index in [1.54, 1.807) is 11.3 Å². The fourth-order valence-corrected chi connectivity index (χ4v) is 2.86. The average molecular weight is 286 g/mol. The summed E-state index contributed by atoms with van der Waals surface area (Å²) < 4.78 is 6.19. The Bertz CT molecular complexity index is 449. The zero-order valence-corrected chi connectivity index (χ0v) is 10.8. The first kappa shape index (κ1) is 10.9. The highest BCUT2D eigenvalue weighted by Crippen LogP contribution is 2.30. The minimum Gasteiger partial charge on any atom is -0.452 e. The first-order valence-electron chi connectivity index (χ1n) is 4.79. The first-order chi connectivity index (χ1) is 7.22. The van der Waals surface area contributed by atoms with Crippen molar-refractivity contribution < 1.29 is 4.42 Å². The van der Waals surface area contributed by atoms with Crippen LogP contribution in [0.25, 0.3) is 0 Å². The summed E-state index contributed by atoms with van der Waals surface area (Å²) in [6.07, 6.45) is 1.01. The van der Waals surface area contributed by atoms with Crippen molar-refractivity contribution in [3.05, 3.63) is 44.4 Å². The van der Waals surface area contributed by atoms with Crippen molar-refractivity contribution in [3.8, 4) is 0 Å². The van der Waals surface area contributed by atoms with E-state index in [2.05, 4.69) is 34.3 Å². The average Bonchev–Trinajstić information content (AvgIpc) is 2.84. The van der Waals surface area contributed by atoms with Gasteiger partial charge in [0.1, 0.15) is 5.76 Å². The van der Waals surface area contributed by atoms with E-state index in [4.69, 9.17) is 10.2 Å². The molecule has 0 spiro atoms. The Morgan fingerprint density at radius 3 is 2.87 bits per heavy atom. The van der Waals surface area contributed by atoms with Gasteiger partial charge in [0.25, 0.3) is 0 Å². The molecule has 0 saturated carbocycles. The Morgan fingerprint density at radius 2 is 2.27 bits per heavy atom. The van der Waals surface area contributed by atoms with E-state index in [1.165, 1.54) is 10.4 Å². The molecule has 15 heavy (non-hydrogen) atoms. The lowest BCUT2D eigenvalue weighted by Crippen LogP contribution is -2.10. The zero-order chi connectivity index (χ0) is 10.8. The minimum atomic E-state index is -0.147. The van der Waals surface area contributed by atoms with Crippen LogP contribution in [0.2, 0.25) is 0 Å². The minimum absolute atomic E-state index is 0.147. The molecule has 1 unspecified atom stereocenters. The van der Waals surface area contributed by atoms with Crippen molar-refractivity contribution in [1.29, 1.82) is 0 Å². The molecule has 1 atom stereocenters.